The molecular formula is C9H16N2O3S. The first kappa shape index (κ1) is 12.2. The molecule has 6 heteroatoms. The predicted molar refractivity (Wildman–Crippen MR) is 59.1 cm³/mol. The molecular weight excluding hydrogens is 216 g/mol. The van der Waals surface area contributed by atoms with Gasteiger partial charge in [-0.3, -0.25) is 4.79 Å². The summed E-state index contributed by atoms with van der Waals surface area (Å²) in [5.74, 6) is -0.130. The van der Waals surface area contributed by atoms with Crippen LogP contribution in [-0.2, 0) is 4.79 Å². The molecule has 0 aliphatic carbocycles. The van der Waals surface area contributed by atoms with Crippen LogP contribution in [0.15, 0.2) is 0 Å². The van der Waals surface area contributed by atoms with E-state index in [1.807, 2.05) is 11.8 Å². The maximum absolute atomic E-state index is 11.3. The largest absolute Gasteiger partial charge is 0.480 e. The number of nitrogens with one attached hydrogen (secondary N) is 2. The molecule has 2 unspecified atom stereocenters. The molecule has 15 heavy (non-hydrogen) atoms. The molecule has 3 N–H and O–H groups in total. The third-order valence-electron chi connectivity index (χ3n) is 2.25. The van der Waals surface area contributed by atoms with Crippen LogP contribution < -0.4 is 10.6 Å². The van der Waals surface area contributed by atoms with Crippen LogP contribution in [0.5, 0.6) is 0 Å². The molecule has 1 aliphatic rings. The van der Waals surface area contributed by atoms with Gasteiger partial charge in [0.05, 0.1) is 0 Å². The number of carboxylic acids is 1. The van der Waals surface area contributed by atoms with Gasteiger partial charge in [0.25, 0.3) is 0 Å². The molecule has 1 rings (SSSR count). The minimum absolute atomic E-state index is 0.158. The first-order valence-corrected chi connectivity index (χ1v) is 5.95. The monoisotopic (exact) mass is 232 g/mol. The number of hydrogen-bond donors (Lipinski definition) is 3. The Labute approximate surface area is 93.0 Å². The van der Waals surface area contributed by atoms with Crippen molar-refractivity contribution in [1.29, 1.82) is 0 Å². The van der Waals surface area contributed by atoms with Gasteiger partial charge in [-0.1, -0.05) is 6.92 Å². The fraction of sp³-hybridized carbons (Fsp3) is 0.778. The molecule has 2 amide bonds. The Morgan fingerprint density at radius 3 is 2.67 bits per heavy atom. The van der Waals surface area contributed by atoms with Crippen molar-refractivity contribution in [3.8, 4) is 0 Å². The Kier molecular flexibility index (Phi) is 4.26. The van der Waals surface area contributed by atoms with E-state index in [1.165, 1.54) is 6.92 Å². The second-order valence-corrected chi connectivity index (χ2v) is 5.23. The van der Waals surface area contributed by atoms with Gasteiger partial charge in [0.15, 0.2) is 0 Å². The fourth-order valence-electron chi connectivity index (χ4n) is 1.40. The number of thioether (sulfide) groups is 1. The zero-order valence-corrected chi connectivity index (χ0v) is 9.63. The zero-order valence-electron chi connectivity index (χ0n) is 8.82. The van der Waals surface area contributed by atoms with Gasteiger partial charge in [0.1, 0.15) is 6.04 Å². The van der Waals surface area contributed by atoms with E-state index in [0.29, 0.717) is 5.25 Å². The Bertz CT molecular complexity index is 260. The first-order chi connectivity index (χ1) is 6.99. The van der Waals surface area contributed by atoms with Crippen molar-refractivity contribution in [2.45, 2.75) is 37.6 Å². The van der Waals surface area contributed by atoms with Gasteiger partial charge in [0.2, 0.25) is 0 Å². The van der Waals surface area contributed by atoms with E-state index in [1.54, 1.807) is 0 Å². The highest BCUT2D eigenvalue weighted by Gasteiger charge is 2.24. The molecule has 0 spiro atoms. The molecule has 0 aromatic carbocycles. The van der Waals surface area contributed by atoms with Crippen molar-refractivity contribution in [2.75, 3.05) is 5.75 Å². The molecule has 0 radical (unpaired) electrons. The second kappa shape index (κ2) is 5.25. The molecule has 0 aromatic rings. The lowest BCUT2D eigenvalue weighted by atomic mass is 10.2. The number of aliphatic carboxylic acids is 1. The van der Waals surface area contributed by atoms with Crippen molar-refractivity contribution >= 4 is 23.8 Å². The Hall–Kier alpha value is -0.910. The van der Waals surface area contributed by atoms with Crippen molar-refractivity contribution in [3.63, 3.8) is 0 Å². The normalized spacial score (nSPS) is 27.1. The predicted octanol–water partition coefficient (Wildman–Crippen LogP) is 0.653. The van der Waals surface area contributed by atoms with Gasteiger partial charge < -0.3 is 15.7 Å². The van der Waals surface area contributed by atoms with E-state index in [0.717, 1.165) is 12.2 Å². The van der Waals surface area contributed by atoms with Crippen LogP contribution in [0.4, 0.5) is 4.79 Å². The van der Waals surface area contributed by atoms with E-state index in [-0.39, 0.29) is 6.04 Å². The highest BCUT2D eigenvalue weighted by molar-refractivity contribution is 8.00. The number of carboxylic acid groups (broad SMARTS) is 1. The number of hydrogen-bond acceptors (Lipinski definition) is 3. The Balaban J connectivity index is 2.27. The standard InChI is InChI=1S/C9H16N2O3S/c1-5-3-7(4-15-5)11-9(14)10-6(2)8(12)13/h5-7H,3-4H2,1-2H3,(H,12,13)(H2,10,11,14)/t5?,6-,7?/m0/s1. The van der Waals surface area contributed by atoms with Crippen LogP contribution in [0.1, 0.15) is 20.3 Å². The molecule has 0 aromatic heterocycles. The van der Waals surface area contributed by atoms with Crippen LogP contribution in [0, 0.1) is 0 Å². The quantitative estimate of drug-likeness (QED) is 0.667. The number of urea groups is 1. The summed E-state index contributed by atoms with van der Waals surface area (Å²) >= 11 is 1.81. The van der Waals surface area contributed by atoms with Crippen molar-refractivity contribution in [1.82, 2.24) is 10.6 Å². The second-order valence-electron chi connectivity index (χ2n) is 3.75. The average molecular weight is 232 g/mol. The van der Waals surface area contributed by atoms with Gasteiger partial charge in [-0.25, -0.2) is 4.79 Å². The topological polar surface area (TPSA) is 78.4 Å². The molecule has 1 saturated heterocycles. The lowest BCUT2D eigenvalue weighted by Gasteiger charge is -2.14. The van der Waals surface area contributed by atoms with Gasteiger partial charge in [0, 0.05) is 17.0 Å². The Morgan fingerprint density at radius 1 is 1.53 bits per heavy atom. The number of rotatable bonds is 3. The van der Waals surface area contributed by atoms with Crippen LogP contribution in [-0.4, -0.2) is 40.2 Å². The smallest absolute Gasteiger partial charge is 0.325 e. The summed E-state index contributed by atoms with van der Waals surface area (Å²) in [4.78, 5) is 21.8. The van der Waals surface area contributed by atoms with Crippen LogP contribution >= 0.6 is 11.8 Å². The summed E-state index contributed by atoms with van der Waals surface area (Å²) in [6, 6.07) is -1.09. The molecule has 1 heterocycles. The highest BCUT2D eigenvalue weighted by atomic mass is 32.2. The lowest BCUT2D eigenvalue weighted by molar-refractivity contribution is -0.138. The third-order valence-corrected chi connectivity index (χ3v) is 3.61. The summed E-state index contributed by atoms with van der Waals surface area (Å²) in [5, 5.41) is 14.3. The van der Waals surface area contributed by atoms with Gasteiger partial charge in [-0.2, -0.15) is 11.8 Å². The average Bonchev–Trinajstić information content (AvgIpc) is 2.50. The van der Waals surface area contributed by atoms with E-state index < -0.39 is 18.0 Å². The van der Waals surface area contributed by atoms with Crippen LogP contribution in [0.2, 0.25) is 0 Å². The van der Waals surface area contributed by atoms with E-state index in [9.17, 15) is 9.59 Å². The van der Waals surface area contributed by atoms with E-state index in [4.69, 9.17) is 5.11 Å². The van der Waals surface area contributed by atoms with Crippen molar-refractivity contribution < 1.29 is 14.7 Å². The summed E-state index contributed by atoms with van der Waals surface area (Å²) in [6.45, 7) is 3.55. The molecule has 86 valence electrons. The lowest BCUT2D eigenvalue weighted by Crippen LogP contribution is -2.47. The van der Waals surface area contributed by atoms with Gasteiger partial charge >= 0.3 is 12.0 Å². The SMILES string of the molecule is CC1CC(NC(=O)N[C@@H](C)C(=O)O)CS1. The maximum atomic E-state index is 11.3. The van der Waals surface area contributed by atoms with E-state index >= 15 is 0 Å². The number of amides is 2. The number of carbonyl (C=O) groups excluding carboxylic acids is 1. The molecule has 3 atom stereocenters. The van der Waals surface area contributed by atoms with Crippen LogP contribution in [0.3, 0.4) is 0 Å². The van der Waals surface area contributed by atoms with E-state index in [2.05, 4.69) is 17.6 Å². The molecule has 5 nitrogen and oxygen atoms in total. The van der Waals surface area contributed by atoms with Gasteiger partial charge in [-0.05, 0) is 13.3 Å². The summed E-state index contributed by atoms with van der Waals surface area (Å²) in [6.07, 6.45) is 0.944. The summed E-state index contributed by atoms with van der Waals surface area (Å²) in [7, 11) is 0. The van der Waals surface area contributed by atoms with Gasteiger partial charge in [-0.15, -0.1) is 0 Å². The Morgan fingerprint density at radius 2 is 2.20 bits per heavy atom. The van der Waals surface area contributed by atoms with Crippen LogP contribution in [0.25, 0.3) is 0 Å². The van der Waals surface area contributed by atoms with Crippen molar-refractivity contribution in [2.24, 2.45) is 0 Å². The fourth-order valence-corrected chi connectivity index (χ4v) is 2.55. The molecule has 0 saturated carbocycles. The van der Waals surface area contributed by atoms with Crippen molar-refractivity contribution in [3.05, 3.63) is 0 Å². The third kappa shape index (κ3) is 3.99. The molecule has 0 bridgehead atoms. The summed E-state index contributed by atoms with van der Waals surface area (Å²) in [5.41, 5.74) is 0. The molecule has 1 fully saturated rings. The molecule has 1 aliphatic heterocycles. The minimum atomic E-state index is -1.03. The number of carbonyl (C=O) groups is 2. The zero-order chi connectivity index (χ0) is 11.4. The minimum Gasteiger partial charge on any atom is -0.480 e. The maximum Gasteiger partial charge on any atom is 0.325 e. The first-order valence-electron chi connectivity index (χ1n) is 4.90. The highest BCUT2D eigenvalue weighted by Crippen LogP contribution is 2.25. The summed E-state index contributed by atoms with van der Waals surface area (Å²) < 4.78 is 0.